The number of hydrogen-bond acceptors (Lipinski definition) is 3. The summed E-state index contributed by atoms with van der Waals surface area (Å²) in [5.41, 5.74) is 4.27. The predicted molar refractivity (Wildman–Crippen MR) is 64.7 cm³/mol. The van der Waals surface area contributed by atoms with Crippen LogP contribution in [0.15, 0.2) is 24.3 Å². The molecule has 2 rings (SSSR count). The van der Waals surface area contributed by atoms with Gasteiger partial charge in [0.1, 0.15) is 11.6 Å². The number of alkyl halides is 5. The number of nitrogens with two attached hydrogens (primary N) is 1. The number of aryl methyl sites for hydroxylation is 1. The van der Waals surface area contributed by atoms with Gasteiger partial charge < -0.3 is 10.5 Å². The molecule has 0 amide bonds. The minimum absolute atomic E-state index is 0.106. The fraction of sp³-hybridized carbons (Fsp3) is 0.250. The van der Waals surface area contributed by atoms with E-state index in [-0.39, 0.29) is 22.7 Å². The number of rotatable bonds is 3. The third-order valence-electron chi connectivity index (χ3n) is 2.73. The second kappa shape index (κ2) is 5.23. The van der Waals surface area contributed by atoms with E-state index in [9.17, 15) is 22.0 Å². The molecule has 0 spiro atoms. The first-order valence-electron chi connectivity index (χ1n) is 5.65. The largest absolute Gasteiger partial charge is 0.435 e. The Labute approximate surface area is 115 Å². The molecular weight excluding hydrogens is 297 g/mol. The van der Waals surface area contributed by atoms with Gasteiger partial charge >= 0.3 is 12.8 Å². The van der Waals surface area contributed by atoms with E-state index in [1.807, 2.05) is 0 Å². The normalized spacial score (nSPS) is 12.0. The van der Waals surface area contributed by atoms with E-state index >= 15 is 0 Å². The summed E-state index contributed by atoms with van der Waals surface area (Å²) in [6, 6.07) is 4.68. The van der Waals surface area contributed by atoms with Crippen LogP contribution in [0.5, 0.6) is 5.75 Å². The van der Waals surface area contributed by atoms with Crippen LogP contribution in [0.3, 0.4) is 0 Å². The highest BCUT2D eigenvalue weighted by Crippen LogP contribution is 2.39. The highest BCUT2D eigenvalue weighted by atomic mass is 19.4. The van der Waals surface area contributed by atoms with Crippen LogP contribution in [-0.4, -0.2) is 16.4 Å². The number of nitrogens with zero attached hydrogens (tertiary/aromatic N) is 2. The third kappa shape index (κ3) is 3.06. The molecule has 4 nitrogen and oxygen atoms in total. The lowest BCUT2D eigenvalue weighted by molar-refractivity contribution is -0.140. The fourth-order valence-corrected chi connectivity index (χ4v) is 1.82. The van der Waals surface area contributed by atoms with E-state index in [4.69, 9.17) is 5.73 Å². The molecular formula is C12H10F5N3O. The van der Waals surface area contributed by atoms with Crippen molar-refractivity contribution in [2.24, 2.45) is 7.05 Å². The minimum Gasteiger partial charge on any atom is -0.435 e. The van der Waals surface area contributed by atoms with Gasteiger partial charge in [0.2, 0.25) is 0 Å². The molecule has 1 heterocycles. The lowest BCUT2D eigenvalue weighted by Gasteiger charge is -2.08. The molecule has 0 bridgehead atoms. The molecule has 2 N–H and O–H groups in total. The van der Waals surface area contributed by atoms with E-state index in [1.165, 1.54) is 19.2 Å². The van der Waals surface area contributed by atoms with Gasteiger partial charge in [0.15, 0.2) is 5.69 Å². The molecule has 2 aromatic rings. The number of nitrogen functional groups attached to an aromatic ring is 1. The van der Waals surface area contributed by atoms with Gasteiger partial charge in [-0.1, -0.05) is 12.1 Å². The van der Waals surface area contributed by atoms with Crippen molar-refractivity contribution in [3.05, 3.63) is 30.0 Å². The maximum absolute atomic E-state index is 12.9. The van der Waals surface area contributed by atoms with E-state index in [2.05, 4.69) is 9.84 Å². The first-order valence-corrected chi connectivity index (χ1v) is 5.65. The molecule has 0 aliphatic rings. The Kier molecular flexibility index (Phi) is 3.75. The van der Waals surface area contributed by atoms with Gasteiger partial charge in [0.05, 0.1) is 5.56 Å². The van der Waals surface area contributed by atoms with E-state index in [0.29, 0.717) is 0 Å². The number of hydrogen-bond donors (Lipinski definition) is 1. The van der Waals surface area contributed by atoms with Crippen molar-refractivity contribution in [2.75, 3.05) is 5.73 Å². The Morgan fingerprint density at radius 2 is 1.76 bits per heavy atom. The van der Waals surface area contributed by atoms with Crippen molar-refractivity contribution in [3.8, 4) is 16.9 Å². The van der Waals surface area contributed by atoms with Crippen LogP contribution in [0.25, 0.3) is 11.1 Å². The number of benzene rings is 1. The molecule has 0 aliphatic heterocycles. The zero-order valence-corrected chi connectivity index (χ0v) is 10.7. The van der Waals surface area contributed by atoms with E-state index < -0.39 is 18.5 Å². The Morgan fingerprint density at radius 1 is 1.19 bits per heavy atom. The Balaban J connectivity index is 2.47. The summed E-state index contributed by atoms with van der Waals surface area (Å²) < 4.78 is 67.9. The van der Waals surface area contributed by atoms with Crippen LogP contribution < -0.4 is 10.5 Å². The molecule has 0 unspecified atom stereocenters. The highest BCUT2D eigenvalue weighted by Gasteiger charge is 2.38. The fourth-order valence-electron chi connectivity index (χ4n) is 1.82. The van der Waals surface area contributed by atoms with Crippen LogP contribution in [0.2, 0.25) is 0 Å². The summed E-state index contributed by atoms with van der Waals surface area (Å²) in [4.78, 5) is 0. The van der Waals surface area contributed by atoms with Crippen molar-refractivity contribution >= 4 is 5.82 Å². The quantitative estimate of drug-likeness (QED) is 0.885. The van der Waals surface area contributed by atoms with Gasteiger partial charge in [-0.25, -0.2) is 0 Å². The standard InChI is InChI=1S/C12H10F5N3O/c1-20-10(18)8(9(19-20)12(15,16)17)6-2-4-7(5-3-6)21-11(13)14/h2-5,11H,18H2,1H3. The smallest absolute Gasteiger partial charge is 0.435 e. The molecule has 0 saturated heterocycles. The molecule has 114 valence electrons. The number of halogens is 5. The van der Waals surface area contributed by atoms with Crippen LogP contribution in [-0.2, 0) is 13.2 Å². The Hall–Kier alpha value is -2.32. The highest BCUT2D eigenvalue weighted by molar-refractivity contribution is 5.77. The van der Waals surface area contributed by atoms with Gasteiger partial charge in [-0.15, -0.1) is 0 Å². The summed E-state index contributed by atoms with van der Waals surface area (Å²) in [6.45, 7) is -3.01. The topological polar surface area (TPSA) is 53.1 Å². The van der Waals surface area contributed by atoms with Gasteiger partial charge in [0, 0.05) is 7.05 Å². The molecule has 0 radical (unpaired) electrons. The van der Waals surface area contributed by atoms with Crippen LogP contribution in [0.4, 0.5) is 27.8 Å². The van der Waals surface area contributed by atoms with Crippen LogP contribution in [0, 0.1) is 0 Å². The number of ether oxygens (including phenoxy) is 1. The summed E-state index contributed by atoms with van der Waals surface area (Å²) in [5.74, 6) is -0.338. The second-order valence-electron chi connectivity index (χ2n) is 4.13. The molecule has 21 heavy (non-hydrogen) atoms. The third-order valence-corrected chi connectivity index (χ3v) is 2.73. The summed E-state index contributed by atoms with van der Waals surface area (Å²) in [6.07, 6.45) is -4.68. The molecule has 0 aliphatic carbocycles. The van der Waals surface area contributed by atoms with Crippen molar-refractivity contribution in [2.45, 2.75) is 12.8 Å². The minimum atomic E-state index is -4.68. The van der Waals surface area contributed by atoms with Gasteiger partial charge in [0.25, 0.3) is 0 Å². The summed E-state index contributed by atoms with van der Waals surface area (Å²) in [7, 11) is 1.28. The first kappa shape index (κ1) is 15.1. The maximum Gasteiger partial charge on any atom is 0.435 e. The van der Waals surface area contributed by atoms with Crippen molar-refractivity contribution in [1.82, 2.24) is 9.78 Å². The molecule has 0 atom stereocenters. The lowest BCUT2D eigenvalue weighted by Crippen LogP contribution is -2.08. The zero-order valence-electron chi connectivity index (χ0n) is 10.7. The van der Waals surface area contributed by atoms with E-state index in [1.54, 1.807) is 0 Å². The zero-order chi connectivity index (χ0) is 15.8. The summed E-state index contributed by atoms with van der Waals surface area (Å²) >= 11 is 0. The van der Waals surface area contributed by atoms with Crippen molar-refractivity contribution < 1.29 is 26.7 Å². The first-order chi connectivity index (χ1) is 9.70. The maximum atomic E-state index is 12.9. The molecule has 1 aromatic carbocycles. The van der Waals surface area contributed by atoms with Crippen molar-refractivity contribution in [3.63, 3.8) is 0 Å². The molecule has 0 saturated carbocycles. The average Bonchev–Trinajstić information content (AvgIpc) is 2.66. The van der Waals surface area contributed by atoms with Gasteiger partial charge in [-0.3, -0.25) is 4.68 Å². The lowest BCUT2D eigenvalue weighted by atomic mass is 10.0. The van der Waals surface area contributed by atoms with Crippen LogP contribution >= 0.6 is 0 Å². The van der Waals surface area contributed by atoms with E-state index in [0.717, 1.165) is 16.8 Å². The Morgan fingerprint density at radius 3 is 2.24 bits per heavy atom. The molecule has 1 aromatic heterocycles. The SMILES string of the molecule is Cn1nc(C(F)(F)F)c(-c2ccc(OC(F)F)cc2)c1N. The predicted octanol–water partition coefficient (Wildman–Crippen LogP) is 3.29. The Bertz CT molecular complexity index is 634. The van der Waals surface area contributed by atoms with Crippen molar-refractivity contribution in [1.29, 1.82) is 0 Å². The molecule has 0 fully saturated rings. The van der Waals surface area contributed by atoms with Gasteiger partial charge in [-0.05, 0) is 17.7 Å². The molecule has 9 heteroatoms. The average molecular weight is 307 g/mol. The van der Waals surface area contributed by atoms with Gasteiger partial charge in [-0.2, -0.15) is 27.1 Å². The number of aromatic nitrogens is 2. The van der Waals surface area contributed by atoms with Crippen LogP contribution in [0.1, 0.15) is 5.69 Å². The monoisotopic (exact) mass is 307 g/mol. The second-order valence-corrected chi connectivity index (χ2v) is 4.13. The summed E-state index contributed by atoms with van der Waals surface area (Å²) in [5, 5.41) is 3.34. The number of anilines is 1.